The van der Waals surface area contributed by atoms with Gasteiger partial charge in [0.2, 0.25) is 5.91 Å². The molecule has 3 N–H and O–H groups in total. The van der Waals surface area contributed by atoms with E-state index in [-0.39, 0.29) is 24.4 Å². The summed E-state index contributed by atoms with van der Waals surface area (Å²) in [6, 6.07) is 4.08. The van der Waals surface area contributed by atoms with Crippen LogP contribution in [0.4, 0.5) is 0 Å². The van der Waals surface area contributed by atoms with Crippen molar-refractivity contribution in [1.82, 2.24) is 4.90 Å². The quantitative estimate of drug-likeness (QED) is 0.846. The van der Waals surface area contributed by atoms with Crippen molar-refractivity contribution < 1.29 is 9.90 Å². The van der Waals surface area contributed by atoms with E-state index in [0.29, 0.717) is 19.4 Å². The first-order chi connectivity index (χ1) is 9.22. The van der Waals surface area contributed by atoms with Crippen LogP contribution in [0, 0.1) is 0 Å². The van der Waals surface area contributed by atoms with Gasteiger partial charge in [-0.15, -0.1) is 23.7 Å². The molecule has 1 aromatic rings. The van der Waals surface area contributed by atoms with Gasteiger partial charge in [-0.2, -0.15) is 0 Å². The molecule has 0 aliphatic carbocycles. The van der Waals surface area contributed by atoms with E-state index < -0.39 is 6.10 Å². The highest BCUT2D eigenvalue weighted by atomic mass is 35.5. The summed E-state index contributed by atoms with van der Waals surface area (Å²) < 4.78 is 0. The molecule has 1 aliphatic rings. The van der Waals surface area contributed by atoms with Crippen LogP contribution in [0.5, 0.6) is 0 Å². The molecule has 0 saturated carbocycles. The molecule has 0 aromatic carbocycles. The fourth-order valence-corrected chi connectivity index (χ4v) is 3.39. The molecule has 0 spiro atoms. The Morgan fingerprint density at radius 2 is 2.40 bits per heavy atom. The topological polar surface area (TPSA) is 66.6 Å². The maximum Gasteiger partial charge on any atom is 0.222 e. The number of thiophene rings is 1. The van der Waals surface area contributed by atoms with Crippen LogP contribution in [0.1, 0.15) is 43.1 Å². The van der Waals surface area contributed by atoms with Crippen LogP contribution in [0.25, 0.3) is 0 Å². The van der Waals surface area contributed by atoms with Crippen molar-refractivity contribution in [1.29, 1.82) is 0 Å². The average molecular weight is 319 g/mol. The van der Waals surface area contributed by atoms with Crippen LogP contribution in [-0.2, 0) is 4.79 Å². The second-order valence-corrected chi connectivity index (χ2v) is 6.02. The summed E-state index contributed by atoms with van der Waals surface area (Å²) >= 11 is 1.57. The Balaban J connectivity index is 0.00000200. The number of nitrogens with two attached hydrogens (primary N) is 1. The smallest absolute Gasteiger partial charge is 0.222 e. The number of likely N-dealkylation sites (tertiary alicyclic amines) is 1. The highest BCUT2D eigenvalue weighted by Gasteiger charge is 2.30. The standard InChI is InChI=1S/C14H22N2O2S.ClH/c15-7-1-6-14(18)16-8-2-4-11(16)10-12(17)13-5-3-9-19-13;/h3,5,9,11-12,17H,1-2,4,6-8,10,15H2;1H. The highest BCUT2D eigenvalue weighted by molar-refractivity contribution is 7.10. The number of aliphatic hydroxyl groups excluding tert-OH is 1. The minimum Gasteiger partial charge on any atom is -0.387 e. The molecule has 2 rings (SSSR count). The van der Waals surface area contributed by atoms with Gasteiger partial charge in [0.1, 0.15) is 0 Å². The second kappa shape index (κ2) is 8.62. The van der Waals surface area contributed by atoms with E-state index in [4.69, 9.17) is 5.73 Å². The molecule has 4 nitrogen and oxygen atoms in total. The Hall–Kier alpha value is -0.620. The van der Waals surface area contributed by atoms with E-state index in [1.165, 1.54) is 0 Å². The second-order valence-electron chi connectivity index (χ2n) is 5.04. The van der Waals surface area contributed by atoms with Gasteiger partial charge in [0.15, 0.2) is 0 Å². The normalized spacial score (nSPS) is 19.7. The number of halogens is 1. The number of nitrogens with zero attached hydrogens (tertiary/aromatic N) is 1. The summed E-state index contributed by atoms with van der Waals surface area (Å²) in [6.07, 6.45) is 3.51. The van der Waals surface area contributed by atoms with E-state index in [2.05, 4.69) is 0 Å². The van der Waals surface area contributed by atoms with Crippen molar-refractivity contribution in [2.75, 3.05) is 13.1 Å². The molecule has 2 atom stereocenters. The first-order valence-electron chi connectivity index (χ1n) is 6.93. The van der Waals surface area contributed by atoms with Gasteiger partial charge in [-0.25, -0.2) is 0 Å². The molecule has 0 radical (unpaired) electrons. The maximum absolute atomic E-state index is 12.1. The zero-order chi connectivity index (χ0) is 13.7. The van der Waals surface area contributed by atoms with Crippen molar-refractivity contribution >= 4 is 29.7 Å². The Bertz CT molecular complexity index is 400. The Morgan fingerprint density at radius 3 is 3.05 bits per heavy atom. The summed E-state index contributed by atoms with van der Waals surface area (Å²) in [5.41, 5.74) is 5.45. The van der Waals surface area contributed by atoms with Gasteiger partial charge in [0.05, 0.1) is 6.10 Å². The molecule has 1 saturated heterocycles. The average Bonchev–Trinajstić information content (AvgIpc) is 3.06. The molecule has 1 fully saturated rings. The zero-order valence-corrected chi connectivity index (χ0v) is 13.2. The number of hydrogen-bond acceptors (Lipinski definition) is 4. The molecule has 20 heavy (non-hydrogen) atoms. The Kier molecular flexibility index (Phi) is 7.51. The molecule has 0 bridgehead atoms. The van der Waals surface area contributed by atoms with E-state index in [1.54, 1.807) is 11.3 Å². The van der Waals surface area contributed by atoms with Crippen LogP contribution in [0.15, 0.2) is 17.5 Å². The van der Waals surface area contributed by atoms with Gasteiger partial charge in [0.25, 0.3) is 0 Å². The van der Waals surface area contributed by atoms with Gasteiger partial charge in [-0.3, -0.25) is 4.79 Å². The van der Waals surface area contributed by atoms with E-state index in [0.717, 1.165) is 30.7 Å². The third-order valence-electron chi connectivity index (χ3n) is 3.66. The SMILES string of the molecule is Cl.NCCCC(=O)N1CCCC1CC(O)c1cccs1. The van der Waals surface area contributed by atoms with Crippen molar-refractivity contribution in [3.63, 3.8) is 0 Å². The number of aliphatic hydroxyl groups is 1. The molecule has 1 aliphatic heterocycles. The zero-order valence-electron chi connectivity index (χ0n) is 11.5. The number of rotatable bonds is 6. The molecule has 1 amide bonds. The predicted molar refractivity (Wildman–Crippen MR) is 84.2 cm³/mol. The van der Waals surface area contributed by atoms with Gasteiger partial charge < -0.3 is 15.7 Å². The third kappa shape index (κ3) is 4.45. The first-order valence-corrected chi connectivity index (χ1v) is 7.81. The minimum absolute atomic E-state index is 0. The van der Waals surface area contributed by atoms with Crippen molar-refractivity contribution in [2.24, 2.45) is 5.73 Å². The molecular weight excluding hydrogens is 296 g/mol. The van der Waals surface area contributed by atoms with E-state index >= 15 is 0 Å². The maximum atomic E-state index is 12.1. The lowest BCUT2D eigenvalue weighted by atomic mass is 10.1. The number of amides is 1. The molecule has 1 aromatic heterocycles. The van der Waals surface area contributed by atoms with Crippen LogP contribution >= 0.6 is 23.7 Å². The summed E-state index contributed by atoms with van der Waals surface area (Å²) in [5.74, 6) is 0.186. The fourth-order valence-electron chi connectivity index (χ4n) is 2.66. The lowest BCUT2D eigenvalue weighted by Crippen LogP contribution is -2.36. The predicted octanol–water partition coefficient (Wildman–Crippen LogP) is 2.32. The highest BCUT2D eigenvalue weighted by Crippen LogP contribution is 2.29. The van der Waals surface area contributed by atoms with Crippen LogP contribution in [0.3, 0.4) is 0 Å². The van der Waals surface area contributed by atoms with Crippen molar-refractivity contribution in [3.05, 3.63) is 22.4 Å². The molecule has 2 heterocycles. The summed E-state index contributed by atoms with van der Waals surface area (Å²) in [4.78, 5) is 15.0. The number of carbonyl (C=O) groups excluding carboxylic acids is 1. The number of carbonyl (C=O) groups is 1. The van der Waals surface area contributed by atoms with Crippen molar-refractivity contribution in [2.45, 2.75) is 44.2 Å². The lowest BCUT2D eigenvalue weighted by Gasteiger charge is -2.26. The van der Waals surface area contributed by atoms with Crippen LogP contribution in [0.2, 0.25) is 0 Å². The largest absolute Gasteiger partial charge is 0.387 e. The fraction of sp³-hybridized carbons (Fsp3) is 0.643. The van der Waals surface area contributed by atoms with Gasteiger partial charge in [0, 0.05) is 23.9 Å². The minimum atomic E-state index is -0.451. The molecular formula is C14H23ClN2O2S. The van der Waals surface area contributed by atoms with Gasteiger partial charge in [-0.1, -0.05) is 6.07 Å². The first kappa shape index (κ1) is 17.4. The van der Waals surface area contributed by atoms with Gasteiger partial charge >= 0.3 is 0 Å². The molecule has 2 unspecified atom stereocenters. The summed E-state index contributed by atoms with van der Waals surface area (Å²) in [6.45, 7) is 1.38. The Morgan fingerprint density at radius 1 is 1.60 bits per heavy atom. The third-order valence-corrected chi connectivity index (χ3v) is 4.63. The van der Waals surface area contributed by atoms with Crippen LogP contribution < -0.4 is 5.73 Å². The number of hydrogen-bond donors (Lipinski definition) is 2. The van der Waals surface area contributed by atoms with E-state index in [1.807, 2.05) is 22.4 Å². The summed E-state index contributed by atoms with van der Waals surface area (Å²) in [7, 11) is 0. The monoisotopic (exact) mass is 318 g/mol. The molecule has 114 valence electrons. The molecule has 6 heteroatoms. The summed E-state index contributed by atoms with van der Waals surface area (Å²) in [5, 5.41) is 12.2. The Labute approximate surface area is 130 Å². The van der Waals surface area contributed by atoms with Crippen LogP contribution in [-0.4, -0.2) is 35.0 Å². The van der Waals surface area contributed by atoms with Gasteiger partial charge in [-0.05, 0) is 43.7 Å². The van der Waals surface area contributed by atoms with Crippen molar-refractivity contribution in [3.8, 4) is 0 Å². The van der Waals surface area contributed by atoms with E-state index in [9.17, 15) is 9.90 Å². The lowest BCUT2D eigenvalue weighted by molar-refractivity contribution is -0.132.